The minimum absolute atomic E-state index is 0. The Bertz CT molecular complexity index is 481. The molecule has 14 nitrogen and oxygen atoms in total. The molecule has 0 bridgehead atoms. The monoisotopic (exact) mass is 434 g/mol. The molecule has 0 atom stereocenters. The maximum atomic E-state index is 10.3. The average Bonchev–Trinajstić information content (AvgIpc) is 2.08. The molecule has 0 radical (unpaired) electrons. The standard InChI is InChI=1S/C6H8O7.H4O7P2.Zn/c7-3(8)1-6(13,5(11)12)2-4(9)10;1-8(2,3)7-9(4,5)6;/h13H,1-2H2,(H,7,8)(H,9,10)(H,11,12);(H2,1,2,3)(H2,4,5,6);. The predicted octanol–water partition coefficient (Wildman–Crippen LogP) is -2.06. The van der Waals surface area contributed by atoms with E-state index < -0.39 is 52.0 Å². The molecule has 8 N–H and O–H groups in total. The Morgan fingerprint density at radius 2 is 1.09 bits per heavy atom. The molecule has 0 fully saturated rings. The maximum Gasteiger partial charge on any atom is 0.478 e. The summed E-state index contributed by atoms with van der Waals surface area (Å²) in [6, 6.07) is 0. The molecule has 0 spiro atoms. The summed E-state index contributed by atoms with van der Waals surface area (Å²) in [5, 5.41) is 33.8. The third kappa shape index (κ3) is 17.4. The molecule has 0 aliphatic rings. The summed E-state index contributed by atoms with van der Waals surface area (Å²) in [6.07, 6.45) is -2.29. The zero-order valence-electron chi connectivity index (χ0n) is 11.0. The summed E-state index contributed by atoms with van der Waals surface area (Å²) in [7, 11) is -10.1. The Morgan fingerprint density at radius 3 is 1.17 bits per heavy atom. The van der Waals surface area contributed by atoms with E-state index in [1.54, 1.807) is 0 Å². The molecule has 0 aromatic carbocycles. The summed E-state index contributed by atoms with van der Waals surface area (Å²) in [5.41, 5.74) is -2.74. The van der Waals surface area contributed by atoms with Crippen LogP contribution in [-0.2, 0) is 47.3 Å². The molecule has 0 saturated carbocycles. The first-order chi connectivity index (χ1) is 9.48. The number of aliphatic carboxylic acids is 3. The summed E-state index contributed by atoms with van der Waals surface area (Å²) >= 11 is 0. The number of phosphoric acid groups is 2. The van der Waals surface area contributed by atoms with Crippen molar-refractivity contribution >= 4 is 33.6 Å². The zero-order valence-corrected chi connectivity index (χ0v) is 15.8. The Labute approximate surface area is 140 Å². The van der Waals surface area contributed by atoms with Crippen molar-refractivity contribution in [1.29, 1.82) is 0 Å². The Kier molecular flexibility index (Phi) is 12.0. The van der Waals surface area contributed by atoms with E-state index in [4.69, 9.17) is 40.0 Å². The molecule has 0 aromatic rings. The molecule has 17 heteroatoms. The van der Waals surface area contributed by atoms with Crippen LogP contribution in [0.15, 0.2) is 0 Å². The van der Waals surface area contributed by atoms with Crippen LogP contribution < -0.4 is 0 Å². The number of carbonyl (C=O) groups is 3. The Morgan fingerprint density at radius 1 is 0.826 bits per heavy atom. The van der Waals surface area contributed by atoms with Crippen LogP contribution in [0.5, 0.6) is 0 Å². The van der Waals surface area contributed by atoms with E-state index in [0.29, 0.717) is 0 Å². The van der Waals surface area contributed by atoms with Crippen molar-refractivity contribution in [2.24, 2.45) is 0 Å². The molecule has 0 aliphatic carbocycles. The summed E-state index contributed by atoms with van der Waals surface area (Å²) in [5.74, 6) is -5.02. The first-order valence-electron chi connectivity index (χ1n) is 4.70. The van der Waals surface area contributed by atoms with Gasteiger partial charge < -0.3 is 40.0 Å². The van der Waals surface area contributed by atoms with Crippen LogP contribution in [0.1, 0.15) is 12.8 Å². The largest absolute Gasteiger partial charge is 0.481 e. The molecular formula is C6H12O14P2Zn. The Balaban J connectivity index is -0.000000354. The second-order valence-electron chi connectivity index (χ2n) is 3.54. The minimum atomic E-state index is -5.05. The van der Waals surface area contributed by atoms with Crippen molar-refractivity contribution in [2.45, 2.75) is 18.4 Å². The summed E-state index contributed by atoms with van der Waals surface area (Å²) in [6.45, 7) is 0. The van der Waals surface area contributed by atoms with E-state index >= 15 is 0 Å². The van der Waals surface area contributed by atoms with Crippen molar-refractivity contribution in [3.05, 3.63) is 0 Å². The van der Waals surface area contributed by atoms with Crippen LogP contribution in [0.3, 0.4) is 0 Å². The minimum Gasteiger partial charge on any atom is -0.481 e. The van der Waals surface area contributed by atoms with Gasteiger partial charge in [-0.2, -0.15) is 4.31 Å². The van der Waals surface area contributed by atoms with Gasteiger partial charge in [-0.25, -0.2) is 13.9 Å². The normalized spacial score (nSPS) is 11.5. The van der Waals surface area contributed by atoms with E-state index in [-0.39, 0.29) is 19.5 Å². The fraction of sp³-hybridized carbons (Fsp3) is 0.500. The van der Waals surface area contributed by atoms with Gasteiger partial charge in [-0.05, 0) is 0 Å². The number of hydrogen-bond acceptors (Lipinski definition) is 7. The number of carboxylic acids is 3. The van der Waals surface area contributed by atoms with Crippen LogP contribution in [0.4, 0.5) is 0 Å². The van der Waals surface area contributed by atoms with E-state index in [2.05, 4.69) is 4.31 Å². The third-order valence-electron chi connectivity index (χ3n) is 1.50. The molecule has 0 rings (SSSR count). The van der Waals surface area contributed by atoms with E-state index in [0.717, 1.165) is 0 Å². The van der Waals surface area contributed by atoms with Crippen molar-refractivity contribution in [2.75, 3.05) is 0 Å². The van der Waals surface area contributed by atoms with Gasteiger partial charge in [0.1, 0.15) is 0 Å². The average molecular weight is 435 g/mol. The van der Waals surface area contributed by atoms with Crippen molar-refractivity contribution in [3.8, 4) is 0 Å². The van der Waals surface area contributed by atoms with Gasteiger partial charge in [-0.1, -0.05) is 0 Å². The van der Waals surface area contributed by atoms with E-state index in [1.165, 1.54) is 0 Å². The van der Waals surface area contributed by atoms with Crippen LogP contribution in [-0.4, -0.2) is 63.5 Å². The number of rotatable bonds is 7. The van der Waals surface area contributed by atoms with Gasteiger partial charge in [0.15, 0.2) is 5.60 Å². The maximum absolute atomic E-state index is 10.3. The van der Waals surface area contributed by atoms with Crippen molar-refractivity contribution in [3.63, 3.8) is 0 Å². The van der Waals surface area contributed by atoms with Gasteiger partial charge in [0.2, 0.25) is 0 Å². The molecule has 23 heavy (non-hydrogen) atoms. The molecule has 0 saturated heterocycles. The fourth-order valence-electron chi connectivity index (χ4n) is 0.853. The van der Waals surface area contributed by atoms with Crippen LogP contribution in [0.2, 0.25) is 0 Å². The summed E-state index contributed by atoms with van der Waals surface area (Å²) < 4.78 is 22.2. The number of carboxylic acid groups (broad SMARTS) is 3. The van der Waals surface area contributed by atoms with Gasteiger partial charge in [-0.3, -0.25) is 9.59 Å². The fourth-order valence-corrected chi connectivity index (χ4v) is 1.96. The SMILES string of the molecule is O=C(O)CC(O)(CC(=O)O)C(=O)O.O=P(O)(O)OP(=O)(O)O.[Zn]. The third-order valence-corrected chi connectivity index (χ3v) is 3.20. The van der Waals surface area contributed by atoms with Crippen LogP contribution >= 0.6 is 15.6 Å². The molecule has 0 heterocycles. The van der Waals surface area contributed by atoms with Gasteiger partial charge in [0.05, 0.1) is 12.8 Å². The molecule has 132 valence electrons. The van der Waals surface area contributed by atoms with Crippen LogP contribution in [0, 0.1) is 0 Å². The first-order valence-corrected chi connectivity index (χ1v) is 7.76. The molecular weight excluding hydrogens is 423 g/mol. The van der Waals surface area contributed by atoms with E-state index in [1.807, 2.05) is 0 Å². The number of hydrogen-bond donors (Lipinski definition) is 8. The molecule has 0 amide bonds. The van der Waals surface area contributed by atoms with Crippen molar-refractivity contribution in [1.82, 2.24) is 0 Å². The Hall–Kier alpha value is -0.747. The topological polar surface area (TPSA) is 256 Å². The van der Waals surface area contributed by atoms with E-state index in [9.17, 15) is 23.5 Å². The van der Waals surface area contributed by atoms with Gasteiger partial charge in [0, 0.05) is 19.5 Å². The van der Waals surface area contributed by atoms with Gasteiger partial charge >= 0.3 is 33.6 Å². The van der Waals surface area contributed by atoms with Gasteiger partial charge in [-0.15, -0.1) is 0 Å². The smallest absolute Gasteiger partial charge is 0.478 e. The molecule has 0 unspecified atom stereocenters. The molecule has 0 aromatic heterocycles. The zero-order chi connectivity index (χ0) is 18.4. The molecule has 0 aliphatic heterocycles. The first kappa shape index (κ1) is 27.1. The second kappa shape index (κ2) is 10.2. The predicted molar refractivity (Wildman–Crippen MR) is 62.3 cm³/mol. The quantitative estimate of drug-likeness (QED) is 0.158. The summed E-state index contributed by atoms with van der Waals surface area (Å²) in [4.78, 5) is 61.5. The van der Waals surface area contributed by atoms with Crippen molar-refractivity contribution < 1.29 is 87.3 Å². The van der Waals surface area contributed by atoms with Crippen LogP contribution in [0.25, 0.3) is 0 Å². The second-order valence-corrected chi connectivity index (χ2v) is 6.16. The van der Waals surface area contributed by atoms with Gasteiger partial charge in [0.25, 0.3) is 0 Å². The number of aliphatic hydroxyl groups is 1.